The topological polar surface area (TPSA) is 78.8 Å². The van der Waals surface area contributed by atoms with Gasteiger partial charge in [0.05, 0.1) is 75.2 Å². The number of halogens is 2. The fourth-order valence-electron chi connectivity index (χ4n) is 3.20. The number of furan rings is 6. The van der Waals surface area contributed by atoms with Crippen molar-refractivity contribution in [2.45, 2.75) is 0 Å². The Labute approximate surface area is 230 Å². The van der Waals surface area contributed by atoms with Gasteiger partial charge in [-0.2, -0.15) is 0 Å². The van der Waals surface area contributed by atoms with Crippen LogP contribution in [-0.2, 0) is 20.4 Å². The molecule has 0 bridgehead atoms. The standard InChI is InChI=1S/2C12H9O3P.2ClH.Pd/c2*1-4-13-7-10(1)16(11-2-5-14-8-11)12-3-6-15-9-12;;;/h2*1-9H;2*1H;/q;;;;+2/p-2. The molecule has 184 valence electrons. The first-order valence-corrected chi connectivity index (χ1v) is 12.3. The zero-order chi connectivity index (χ0) is 21.6. The Morgan fingerprint density at radius 2 is 0.514 bits per heavy atom. The maximum absolute atomic E-state index is 5.15. The first kappa shape index (κ1) is 29.0. The first-order chi connectivity index (χ1) is 15.9. The molecule has 0 radical (unpaired) electrons. The first-order valence-electron chi connectivity index (χ1n) is 9.63. The second kappa shape index (κ2) is 14.4. The minimum atomic E-state index is -0.616. The van der Waals surface area contributed by atoms with Gasteiger partial charge in [0.2, 0.25) is 0 Å². The molecule has 0 fully saturated rings. The smallest absolute Gasteiger partial charge is 1.00 e. The van der Waals surface area contributed by atoms with Crippen molar-refractivity contribution in [2.24, 2.45) is 0 Å². The van der Waals surface area contributed by atoms with E-state index in [9.17, 15) is 0 Å². The van der Waals surface area contributed by atoms with E-state index in [1.54, 1.807) is 75.2 Å². The van der Waals surface area contributed by atoms with Crippen LogP contribution in [0.25, 0.3) is 0 Å². The Morgan fingerprint density at radius 3 is 0.629 bits per heavy atom. The van der Waals surface area contributed by atoms with Crippen molar-refractivity contribution in [1.29, 1.82) is 0 Å². The fraction of sp³-hybridized carbons (Fsp3) is 0. The minimum Gasteiger partial charge on any atom is -1.00 e. The van der Waals surface area contributed by atoms with Gasteiger partial charge in [0.1, 0.15) is 0 Å². The Hall–Kier alpha value is -2.22. The maximum Gasteiger partial charge on any atom is 2.00 e. The predicted octanol–water partition coefficient (Wildman–Crippen LogP) is -1.55. The van der Waals surface area contributed by atoms with Crippen LogP contribution in [0.4, 0.5) is 0 Å². The molecular weight excluding hydrogens is 624 g/mol. The normalized spacial score (nSPS) is 10.1. The van der Waals surface area contributed by atoms with Crippen LogP contribution in [0, 0.1) is 0 Å². The van der Waals surface area contributed by atoms with Crippen LogP contribution < -0.4 is 56.6 Å². The average molecular weight is 642 g/mol. The van der Waals surface area contributed by atoms with Crippen LogP contribution in [0.3, 0.4) is 0 Å². The molecule has 35 heavy (non-hydrogen) atoms. The summed E-state index contributed by atoms with van der Waals surface area (Å²) in [5, 5.41) is 6.90. The second-order valence-corrected chi connectivity index (χ2v) is 11.0. The van der Waals surface area contributed by atoms with Gasteiger partial charge in [-0.15, -0.1) is 0 Å². The van der Waals surface area contributed by atoms with Crippen LogP contribution in [-0.4, -0.2) is 0 Å². The summed E-state index contributed by atoms with van der Waals surface area (Å²) in [5.74, 6) is 0. The largest absolute Gasteiger partial charge is 2.00 e. The molecule has 0 aliphatic rings. The number of hydrogen-bond donors (Lipinski definition) is 0. The van der Waals surface area contributed by atoms with Gasteiger partial charge in [-0.3, -0.25) is 0 Å². The molecule has 6 aromatic rings. The van der Waals surface area contributed by atoms with E-state index in [1.807, 2.05) is 36.4 Å². The average Bonchev–Trinajstić information content (AvgIpc) is 3.67. The number of hydrogen-bond acceptors (Lipinski definition) is 6. The van der Waals surface area contributed by atoms with Gasteiger partial charge in [-0.1, -0.05) is 0 Å². The van der Waals surface area contributed by atoms with Gasteiger partial charge in [0.15, 0.2) is 0 Å². The van der Waals surface area contributed by atoms with E-state index in [0.717, 1.165) is 31.8 Å². The zero-order valence-electron chi connectivity index (χ0n) is 17.8. The molecule has 0 aliphatic heterocycles. The quantitative estimate of drug-likeness (QED) is 0.162. The van der Waals surface area contributed by atoms with Gasteiger partial charge >= 0.3 is 20.4 Å². The SMILES string of the molecule is [Cl-].[Cl-].[Pd+2].c1cc(P(c2ccoc2)c2ccoc2)co1.c1cc(P(c2ccoc2)c2ccoc2)co1. The summed E-state index contributed by atoms with van der Waals surface area (Å²) in [6, 6.07) is 11.9. The third-order valence-electron chi connectivity index (χ3n) is 4.59. The maximum atomic E-state index is 5.15. The van der Waals surface area contributed by atoms with Crippen molar-refractivity contribution >= 4 is 47.7 Å². The molecule has 0 saturated heterocycles. The molecule has 0 atom stereocenters. The summed E-state index contributed by atoms with van der Waals surface area (Å²) in [4.78, 5) is 0. The van der Waals surface area contributed by atoms with E-state index in [2.05, 4.69) is 0 Å². The summed E-state index contributed by atoms with van der Waals surface area (Å²) in [5.41, 5.74) is 0. The van der Waals surface area contributed by atoms with E-state index in [1.165, 1.54) is 0 Å². The van der Waals surface area contributed by atoms with Crippen LogP contribution in [0.15, 0.2) is 138 Å². The molecule has 0 spiro atoms. The Balaban J connectivity index is 0.000000227. The molecule has 11 heteroatoms. The molecule has 6 rings (SSSR count). The zero-order valence-corrected chi connectivity index (χ0v) is 22.7. The molecule has 6 nitrogen and oxygen atoms in total. The molecule has 0 aliphatic carbocycles. The third-order valence-corrected chi connectivity index (χ3v) is 9.21. The van der Waals surface area contributed by atoms with E-state index in [-0.39, 0.29) is 45.2 Å². The van der Waals surface area contributed by atoms with Gasteiger partial charge in [-0.05, 0) is 52.2 Å². The van der Waals surface area contributed by atoms with Crippen molar-refractivity contribution in [3.63, 3.8) is 0 Å². The van der Waals surface area contributed by atoms with Crippen molar-refractivity contribution in [3.05, 3.63) is 112 Å². The van der Waals surface area contributed by atoms with Crippen molar-refractivity contribution < 1.29 is 71.7 Å². The minimum absolute atomic E-state index is 0. The van der Waals surface area contributed by atoms with Crippen molar-refractivity contribution in [3.8, 4) is 0 Å². The van der Waals surface area contributed by atoms with Gasteiger partial charge < -0.3 is 51.3 Å². The second-order valence-electron chi connectivity index (χ2n) is 6.56. The Morgan fingerprint density at radius 1 is 0.343 bits per heavy atom. The molecule has 0 N–H and O–H groups in total. The summed E-state index contributed by atoms with van der Waals surface area (Å²) in [7, 11) is -1.23. The molecule has 0 aromatic carbocycles. The van der Waals surface area contributed by atoms with Crippen LogP contribution in [0.5, 0.6) is 0 Å². The molecule has 0 saturated carbocycles. The van der Waals surface area contributed by atoms with Gasteiger partial charge in [0, 0.05) is 31.8 Å². The molecule has 0 amide bonds. The summed E-state index contributed by atoms with van der Waals surface area (Å²) >= 11 is 0. The monoisotopic (exact) mass is 640 g/mol. The molecule has 6 heterocycles. The third kappa shape index (κ3) is 6.93. The molecular formula is C24H18Cl2O6P2Pd. The van der Waals surface area contributed by atoms with Crippen LogP contribution in [0.2, 0.25) is 0 Å². The van der Waals surface area contributed by atoms with E-state index >= 15 is 0 Å². The summed E-state index contributed by atoms with van der Waals surface area (Å²) in [6.07, 6.45) is 20.7. The predicted molar refractivity (Wildman–Crippen MR) is 124 cm³/mol. The van der Waals surface area contributed by atoms with E-state index in [0.29, 0.717) is 0 Å². The van der Waals surface area contributed by atoms with Gasteiger partial charge in [-0.25, -0.2) is 0 Å². The van der Waals surface area contributed by atoms with Crippen LogP contribution in [0.1, 0.15) is 0 Å². The van der Waals surface area contributed by atoms with Crippen LogP contribution >= 0.6 is 15.8 Å². The van der Waals surface area contributed by atoms with E-state index < -0.39 is 15.8 Å². The van der Waals surface area contributed by atoms with Crippen molar-refractivity contribution in [2.75, 3.05) is 0 Å². The van der Waals surface area contributed by atoms with E-state index in [4.69, 9.17) is 26.5 Å². The summed E-state index contributed by atoms with van der Waals surface area (Å²) in [6.45, 7) is 0. The Bertz CT molecular complexity index is 1000. The Kier molecular flexibility index (Phi) is 11.9. The van der Waals surface area contributed by atoms with Gasteiger partial charge in [0.25, 0.3) is 0 Å². The number of rotatable bonds is 6. The fourth-order valence-corrected chi connectivity index (χ4v) is 7.25. The molecule has 0 unspecified atom stereocenters. The summed E-state index contributed by atoms with van der Waals surface area (Å²) < 4.78 is 30.9. The van der Waals surface area contributed by atoms with Crippen molar-refractivity contribution in [1.82, 2.24) is 0 Å². The molecule has 6 aromatic heterocycles.